The Kier molecular flexibility index (Phi) is 4.92. The van der Waals surface area contributed by atoms with Crippen LogP contribution in [0, 0.1) is 0 Å². The third-order valence-electron chi connectivity index (χ3n) is 7.19. The van der Waals surface area contributed by atoms with Crippen LogP contribution in [-0.4, -0.2) is 11.7 Å². The van der Waals surface area contributed by atoms with E-state index in [4.69, 9.17) is 0 Å². The summed E-state index contributed by atoms with van der Waals surface area (Å²) in [7, 11) is 0. The lowest BCUT2D eigenvalue weighted by atomic mass is 9.34. The van der Waals surface area contributed by atoms with Gasteiger partial charge in [0.05, 0.1) is 5.52 Å². The number of hydrogen-bond acceptors (Lipinski definition) is 2. The second-order valence-electron chi connectivity index (χ2n) is 9.22. The molecule has 36 heavy (non-hydrogen) atoms. The number of fused-ring (bicyclic) bond motifs is 2. The minimum absolute atomic E-state index is 0.164. The van der Waals surface area contributed by atoms with Crippen LogP contribution in [0.15, 0.2) is 140 Å². The van der Waals surface area contributed by atoms with Crippen molar-refractivity contribution in [3.63, 3.8) is 0 Å². The molecular weight excluding hydrogens is 435 g/mol. The number of benzene rings is 5. The first kappa shape index (κ1) is 20.7. The number of hydrogen-bond donors (Lipinski definition) is 0. The quantitative estimate of drug-likeness (QED) is 0.292. The van der Waals surface area contributed by atoms with Gasteiger partial charge in [0.1, 0.15) is 0 Å². The lowest BCUT2D eigenvalue weighted by Gasteiger charge is -2.28. The molecule has 0 aliphatic carbocycles. The van der Waals surface area contributed by atoms with Gasteiger partial charge in [-0.25, -0.2) is 0 Å². The van der Waals surface area contributed by atoms with Gasteiger partial charge in [0.25, 0.3) is 0 Å². The van der Waals surface area contributed by atoms with E-state index >= 15 is 0 Å². The van der Waals surface area contributed by atoms with Crippen LogP contribution in [0.3, 0.4) is 0 Å². The monoisotopic (exact) mass is 458 g/mol. The number of pyridine rings is 1. The van der Waals surface area contributed by atoms with Crippen molar-refractivity contribution >= 4 is 51.1 Å². The lowest BCUT2D eigenvalue weighted by Crippen LogP contribution is -2.54. The predicted octanol–water partition coefficient (Wildman–Crippen LogP) is 6.20. The Morgan fingerprint density at radius 2 is 1.08 bits per heavy atom. The molecule has 1 aliphatic rings. The molecule has 2 nitrogen and oxygen atoms in total. The van der Waals surface area contributed by atoms with Crippen molar-refractivity contribution in [2.24, 2.45) is 0 Å². The molecule has 0 unspecified atom stereocenters. The fourth-order valence-electron chi connectivity index (χ4n) is 5.64. The molecule has 0 amide bonds. The summed E-state index contributed by atoms with van der Waals surface area (Å²) in [6.07, 6.45) is 1.93. The Labute approximate surface area is 211 Å². The first-order chi connectivity index (χ1) is 17.9. The van der Waals surface area contributed by atoms with Gasteiger partial charge in [0.15, 0.2) is 0 Å². The molecule has 0 bridgehead atoms. The summed E-state index contributed by atoms with van der Waals surface area (Å²) < 4.78 is 0. The van der Waals surface area contributed by atoms with Gasteiger partial charge in [-0.05, 0) is 59.7 Å². The summed E-state index contributed by atoms with van der Waals surface area (Å²) in [6, 6.07) is 47.6. The maximum absolute atomic E-state index is 4.68. The molecule has 0 radical (unpaired) electrons. The SMILES string of the molecule is c1ccc(N(c2ccccc2)c2ccc(B3c4ccccc4-c4ccnc5cccc3c45)cc2)cc1. The zero-order chi connectivity index (χ0) is 23.9. The minimum atomic E-state index is 0.164. The van der Waals surface area contributed by atoms with E-state index in [0.29, 0.717) is 0 Å². The van der Waals surface area contributed by atoms with E-state index in [-0.39, 0.29) is 6.71 Å². The molecule has 0 fully saturated rings. The number of nitrogens with zero attached hydrogens (tertiary/aromatic N) is 2. The molecule has 1 aliphatic heterocycles. The minimum Gasteiger partial charge on any atom is -0.311 e. The van der Waals surface area contributed by atoms with Gasteiger partial charge >= 0.3 is 0 Å². The van der Waals surface area contributed by atoms with Gasteiger partial charge in [0.2, 0.25) is 6.71 Å². The molecule has 168 valence electrons. The molecule has 0 atom stereocenters. The van der Waals surface area contributed by atoms with E-state index in [1.54, 1.807) is 0 Å². The smallest absolute Gasteiger partial charge is 0.242 e. The fourth-order valence-corrected chi connectivity index (χ4v) is 5.64. The lowest BCUT2D eigenvalue weighted by molar-refractivity contribution is 1.29. The fraction of sp³-hybridized carbons (Fsp3) is 0. The van der Waals surface area contributed by atoms with Gasteiger partial charge in [-0.3, -0.25) is 4.98 Å². The summed E-state index contributed by atoms with van der Waals surface area (Å²) in [5, 5.41) is 1.27. The molecule has 5 aromatic carbocycles. The van der Waals surface area contributed by atoms with Crippen LogP contribution in [0.1, 0.15) is 0 Å². The van der Waals surface area contributed by atoms with E-state index in [1.807, 2.05) is 6.20 Å². The summed E-state index contributed by atoms with van der Waals surface area (Å²) in [5.74, 6) is 0. The molecule has 0 saturated heterocycles. The molecule has 6 aromatic rings. The summed E-state index contributed by atoms with van der Waals surface area (Å²) in [5.41, 5.74) is 11.0. The van der Waals surface area contributed by atoms with Crippen molar-refractivity contribution in [2.75, 3.05) is 4.90 Å². The summed E-state index contributed by atoms with van der Waals surface area (Å²) in [6.45, 7) is 0.164. The first-order valence-electron chi connectivity index (χ1n) is 12.4. The van der Waals surface area contributed by atoms with Crippen LogP contribution in [0.4, 0.5) is 17.1 Å². The zero-order valence-electron chi connectivity index (χ0n) is 19.8. The summed E-state index contributed by atoms with van der Waals surface area (Å²) >= 11 is 0. The topological polar surface area (TPSA) is 16.1 Å². The molecule has 3 heteroatoms. The van der Waals surface area contributed by atoms with E-state index in [9.17, 15) is 0 Å². The highest BCUT2D eigenvalue weighted by atomic mass is 15.1. The second-order valence-corrected chi connectivity index (χ2v) is 9.22. The highest BCUT2D eigenvalue weighted by molar-refractivity contribution is 6.98. The van der Waals surface area contributed by atoms with Crippen LogP contribution in [0.5, 0.6) is 0 Å². The molecule has 2 heterocycles. The highest BCUT2D eigenvalue weighted by Crippen LogP contribution is 2.34. The normalized spacial score (nSPS) is 11.8. The van der Waals surface area contributed by atoms with Crippen molar-refractivity contribution in [1.82, 2.24) is 4.98 Å². The van der Waals surface area contributed by atoms with Crippen LogP contribution >= 0.6 is 0 Å². The average Bonchev–Trinajstić information content (AvgIpc) is 2.95. The third-order valence-corrected chi connectivity index (χ3v) is 7.19. The second kappa shape index (κ2) is 8.55. The molecule has 0 spiro atoms. The van der Waals surface area contributed by atoms with Gasteiger partial charge in [0, 0.05) is 28.6 Å². The van der Waals surface area contributed by atoms with Gasteiger partial charge in [-0.1, -0.05) is 101 Å². The number of aromatic nitrogens is 1. The van der Waals surface area contributed by atoms with Crippen LogP contribution in [0.2, 0.25) is 0 Å². The Bertz CT molecular complexity index is 1630. The standard InChI is InChI=1S/C33H23BN2/c1-3-10-25(11-4-1)36(26-12-5-2-6-13-26)27-20-18-24(19-21-27)34-30-15-8-7-14-28(30)29-22-23-35-32-17-9-16-31(34)33(29)32/h1-23H. The zero-order valence-corrected chi connectivity index (χ0v) is 19.8. The van der Waals surface area contributed by atoms with Gasteiger partial charge in [-0.15, -0.1) is 0 Å². The van der Waals surface area contributed by atoms with E-state index in [0.717, 1.165) is 22.6 Å². The first-order valence-corrected chi connectivity index (χ1v) is 12.4. The van der Waals surface area contributed by atoms with Gasteiger partial charge in [-0.2, -0.15) is 0 Å². The number of anilines is 3. The van der Waals surface area contributed by atoms with Crippen LogP contribution in [0.25, 0.3) is 22.0 Å². The molecule has 7 rings (SSSR count). The average molecular weight is 458 g/mol. The van der Waals surface area contributed by atoms with E-state index in [2.05, 4.69) is 143 Å². The highest BCUT2D eigenvalue weighted by Gasteiger charge is 2.31. The van der Waals surface area contributed by atoms with Crippen LogP contribution < -0.4 is 21.3 Å². The largest absolute Gasteiger partial charge is 0.311 e. The Balaban J connectivity index is 1.38. The van der Waals surface area contributed by atoms with Crippen molar-refractivity contribution in [3.05, 3.63) is 140 Å². The molecule has 1 aromatic heterocycles. The molecular formula is C33H23BN2. The van der Waals surface area contributed by atoms with Crippen molar-refractivity contribution in [2.45, 2.75) is 0 Å². The van der Waals surface area contributed by atoms with Crippen molar-refractivity contribution in [1.29, 1.82) is 0 Å². The van der Waals surface area contributed by atoms with Gasteiger partial charge < -0.3 is 4.90 Å². The maximum Gasteiger partial charge on any atom is 0.242 e. The van der Waals surface area contributed by atoms with E-state index < -0.39 is 0 Å². The third kappa shape index (κ3) is 3.32. The molecule has 0 saturated carbocycles. The maximum atomic E-state index is 4.68. The summed E-state index contributed by atoms with van der Waals surface area (Å²) in [4.78, 5) is 6.99. The Hall–Kier alpha value is -4.63. The van der Waals surface area contributed by atoms with E-state index in [1.165, 1.54) is 32.9 Å². The number of para-hydroxylation sites is 2. The Morgan fingerprint density at radius 3 is 1.81 bits per heavy atom. The van der Waals surface area contributed by atoms with Crippen molar-refractivity contribution in [3.8, 4) is 11.1 Å². The van der Waals surface area contributed by atoms with Crippen LogP contribution in [-0.2, 0) is 0 Å². The molecule has 0 N–H and O–H groups in total. The van der Waals surface area contributed by atoms with Crippen molar-refractivity contribution < 1.29 is 0 Å². The Morgan fingerprint density at radius 1 is 0.472 bits per heavy atom. The predicted molar refractivity (Wildman–Crippen MR) is 153 cm³/mol. The number of rotatable bonds is 4.